The summed E-state index contributed by atoms with van der Waals surface area (Å²) in [5, 5.41) is 63.2. The Labute approximate surface area is 368 Å². The SMILES string of the molecule is COc1c(NC(=O)c2ccc(NC(=O)c3ccc(NC(=O)C(Cc4cn[nH]n4)NC(=O)c4ccc(NC(=O)/C(C)=C/c5ccc(O)cc5)cc4)nc3)c(OC)c2O)ccc(C(=O)O)c1O. The molecule has 1 atom stereocenters. The average molecular weight is 886 g/mol. The molecule has 0 aliphatic carbocycles. The molecule has 0 aliphatic heterocycles. The normalized spacial score (nSPS) is 11.4. The lowest BCUT2D eigenvalue weighted by Gasteiger charge is -2.18. The number of benzene rings is 4. The first-order valence-corrected chi connectivity index (χ1v) is 19.1. The predicted molar refractivity (Wildman–Crippen MR) is 233 cm³/mol. The summed E-state index contributed by atoms with van der Waals surface area (Å²) in [7, 11) is 2.35. The van der Waals surface area contributed by atoms with Gasteiger partial charge in [-0.15, -0.1) is 0 Å². The smallest absolute Gasteiger partial charge is 0.339 e. The van der Waals surface area contributed by atoms with Crippen molar-refractivity contribution in [2.75, 3.05) is 35.5 Å². The van der Waals surface area contributed by atoms with E-state index in [0.29, 0.717) is 17.0 Å². The minimum Gasteiger partial charge on any atom is -0.508 e. The topological polar surface area (TPSA) is 316 Å². The molecule has 0 aliphatic rings. The van der Waals surface area contributed by atoms with E-state index < -0.39 is 52.7 Å². The molecule has 65 heavy (non-hydrogen) atoms. The molecule has 1 unspecified atom stereocenters. The fraction of sp³-hybridized carbons (Fsp3) is 0.114. The van der Waals surface area contributed by atoms with Crippen LogP contribution in [-0.4, -0.2) is 96.6 Å². The second-order valence-electron chi connectivity index (χ2n) is 13.9. The number of anilines is 4. The van der Waals surface area contributed by atoms with Gasteiger partial charge in [0.2, 0.25) is 5.91 Å². The number of hydrogen-bond acceptors (Lipinski definition) is 14. The van der Waals surface area contributed by atoms with E-state index in [2.05, 4.69) is 47.0 Å². The van der Waals surface area contributed by atoms with Crippen LogP contribution in [0.25, 0.3) is 6.08 Å². The van der Waals surface area contributed by atoms with Crippen LogP contribution in [0.15, 0.2) is 103 Å². The van der Waals surface area contributed by atoms with Crippen LogP contribution in [0.5, 0.6) is 28.7 Å². The number of aromatic amines is 1. The van der Waals surface area contributed by atoms with Crippen molar-refractivity contribution in [1.29, 1.82) is 0 Å². The van der Waals surface area contributed by atoms with Crippen molar-refractivity contribution < 1.29 is 58.7 Å². The first kappa shape index (κ1) is 45.3. The standard InChI is InChI=1S/C44H39N9O12/c1-22(18-23-4-11-28(54)12-5-23)39(57)47-26-9-6-24(7-10-26)40(58)50-33(19-27-21-46-53-52-27)43(61)51-34-17-8-25(20-45-34)41(59)48-31-15-13-29(35(55)37(31)64-2)42(60)49-32-16-14-30(44(62)63)36(56)38(32)65-3/h4-18,20-21,33,54-56H,19H2,1-3H3,(H,47,57)(H,48,59)(H,49,60)(H,50,58)(H,62,63)(H,45,51,61)(H,46,52,53)/b22-18+. The van der Waals surface area contributed by atoms with E-state index in [1.54, 1.807) is 25.1 Å². The summed E-state index contributed by atoms with van der Waals surface area (Å²) in [6.07, 6.45) is 4.13. The number of carbonyl (C=O) groups excluding carboxylic acids is 5. The summed E-state index contributed by atoms with van der Waals surface area (Å²) in [5.74, 6) is -6.59. The van der Waals surface area contributed by atoms with Gasteiger partial charge in [0.1, 0.15) is 23.2 Å². The molecule has 5 amide bonds. The quantitative estimate of drug-likeness (QED) is 0.0596. The average Bonchev–Trinajstić information content (AvgIpc) is 3.80. The number of carboxylic acid groups (broad SMARTS) is 1. The van der Waals surface area contributed by atoms with Crippen molar-refractivity contribution >= 4 is 64.5 Å². The molecule has 6 rings (SSSR count). The lowest BCUT2D eigenvalue weighted by molar-refractivity contribution is -0.118. The summed E-state index contributed by atoms with van der Waals surface area (Å²) in [5.41, 5.74) is 1.18. The first-order valence-electron chi connectivity index (χ1n) is 19.1. The maximum Gasteiger partial charge on any atom is 0.339 e. The maximum atomic E-state index is 13.5. The summed E-state index contributed by atoms with van der Waals surface area (Å²) in [6, 6.07) is 18.6. The minimum absolute atomic E-state index is 0.0127. The summed E-state index contributed by atoms with van der Waals surface area (Å²) >= 11 is 0. The molecule has 2 aromatic heterocycles. The largest absolute Gasteiger partial charge is 0.508 e. The van der Waals surface area contributed by atoms with Crippen LogP contribution < -0.4 is 36.1 Å². The van der Waals surface area contributed by atoms with Gasteiger partial charge >= 0.3 is 5.97 Å². The third kappa shape index (κ3) is 11.0. The number of carboxylic acids is 1. The zero-order valence-corrected chi connectivity index (χ0v) is 34.5. The molecule has 0 spiro atoms. The summed E-state index contributed by atoms with van der Waals surface area (Å²) < 4.78 is 10.4. The number of methoxy groups -OCH3 is 2. The molecule has 0 radical (unpaired) electrons. The highest BCUT2D eigenvalue weighted by Gasteiger charge is 2.26. The number of phenolic OH excluding ortho intramolecular Hbond substituents is 2. The van der Waals surface area contributed by atoms with E-state index in [-0.39, 0.29) is 63.5 Å². The fourth-order valence-electron chi connectivity index (χ4n) is 6.11. The monoisotopic (exact) mass is 885 g/mol. The highest BCUT2D eigenvalue weighted by Crippen LogP contribution is 2.40. The van der Waals surface area contributed by atoms with Crippen molar-refractivity contribution in [3.05, 3.63) is 136 Å². The number of phenols is 3. The van der Waals surface area contributed by atoms with Gasteiger partial charge in [-0.05, 0) is 91.4 Å². The van der Waals surface area contributed by atoms with Crippen molar-refractivity contribution in [3.63, 3.8) is 0 Å². The summed E-state index contributed by atoms with van der Waals surface area (Å²) in [6.45, 7) is 1.63. The molecule has 0 saturated heterocycles. The van der Waals surface area contributed by atoms with E-state index in [4.69, 9.17) is 9.47 Å². The number of nitrogens with zero attached hydrogens (tertiary/aromatic N) is 3. The molecular weight excluding hydrogens is 847 g/mol. The Morgan fingerprint density at radius 3 is 1.89 bits per heavy atom. The number of aromatic hydroxyl groups is 3. The number of amides is 5. The molecule has 21 nitrogen and oxygen atoms in total. The number of aromatic nitrogens is 4. The molecule has 0 bridgehead atoms. The number of carbonyl (C=O) groups is 6. The van der Waals surface area contributed by atoms with Gasteiger partial charge < -0.3 is 56.5 Å². The first-order chi connectivity index (χ1) is 31.1. The molecular formula is C44H39N9O12. The van der Waals surface area contributed by atoms with Crippen LogP contribution >= 0.6 is 0 Å². The van der Waals surface area contributed by atoms with Crippen molar-refractivity contribution in [2.24, 2.45) is 0 Å². The van der Waals surface area contributed by atoms with Gasteiger partial charge in [-0.3, -0.25) is 24.0 Å². The molecule has 21 heteroatoms. The maximum absolute atomic E-state index is 13.5. The molecule has 0 saturated carbocycles. The lowest BCUT2D eigenvalue weighted by atomic mass is 10.1. The van der Waals surface area contributed by atoms with Crippen LogP contribution in [0.3, 0.4) is 0 Å². The van der Waals surface area contributed by atoms with Crippen LogP contribution in [0.2, 0.25) is 0 Å². The third-order valence-corrected chi connectivity index (χ3v) is 9.46. The van der Waals surface area contributed by atoms with E-state index in [9.17, 15) is 49.2 Å². The number of pyridine rings is 1. The zero-order valence-electron chi connectivity index (χ0n) is 34.5. The molecule has 332 valence electrons. The number of nitrogens with one attached hydrogen (secondary N) is 6. The third-order valence-electron chi connectivity index (χ3n) is 9.46. The second-order valence-corrected chi connectivity index (χ2v) is 13.9. The van der Waals surface area contributed by atoms with E-state index in [1.165, 1.54) is 80.0 Å². The Bertz CT molecular complexity index is 2790. The van der Waals surface area contributed by atoms with Crippen molar-refractivity contribution in [3.8, 4) is 28.7 Å². The Kier molecular flexibility index (Phi) is 14.0. The van der Waals surface area contributed by atoms with Gasteiger partial charge in [-0.1, -0.05) is 12.1 Å². The minimum atomic E-state index is -1.43. The van der Waals surface area contributed by atoms with Gasteiger partial charge in [-0.2, -0.15) is 15.4 Å². The van der Waals surface area contributed by atoms with Gasteiger partial charge in [0, 0.05) is 29.4 Å². The summed E-state index contributed by atoms with van der Waals surface area (Å²) in [4.78, 5) is 81.6. The van der Waals surface area contributed by atoms with E-state index in [0.717, 1.165) is 24.9 Å². The van der Waals surface area contributed by atoms with Gasteiger partial charge in [-0.25, -0.2) is 9.78 Å². The Balaban J connectivity index is 1.08. The number of ether oxygens (including phenoxy) is 2. The molecule has 2 heterocycles. The van der Waals surface area contributed by atoms with E-state index >= 15 is 0 Å². The number of rotatable bonds is 16. The van der Waals surface area contributed by atoms with Crippen LogP contribution in [0, 0.1) is 0 Å². The highest BCUT2D eigenvalue weighted by atomic mass is 16.5. The molecule has 0 fully saturated rings. The lowest BCUT2D eigenvalue weighted by Crippen LogP contribution is -2.45. The Morgan fingerprint density at radius 2 is 1.31 bits per heavy atom. The van der Waals surface area contributed by atoms with Gasteiger partial charge in [0.15, 0.2) is 23.0 Å². The van der Waals surface area contributed by atoms with Crippen LogP contribution in [0.1, 0.15) is 59.6 Å². The fourth-order valence-corrected chi connectivity index (χ4v) is 6.11. The van der Waals surface area contributed by atoms with Crippen molar-refractivity contribution in [2.45, 2.75) is 19.4 Å². The molecule has 4 aromatic carbocycles. The molecule has 6 aromatic rings. The van der Waals surface area contributed by atoms with Crippen molar-refractivity contribution in [1.82, 2.24) is 25.7 Å². The number of hydrogen-bond donors (Lipinski definition) is 10. The number of H-pyrrole nitrogens is 1. The zero-order chi connectivity index (χ0) is 46.8. The van der Waals surface area contributed by atoms with Gasteiger partial charge in [0.05, 0.1) is 48.6 Å². The Hall–Kier alpha value is -9.27. The molecule has 10 N–H and O–H groups in total. The predicted octanol–water partition coefficient (Wildman–Crippen LogP) is 4.56. The van der Waals surface area contributed by atoms with Crippen LogP contribution in [-0.2, 0) is 16.0 Å². The van der Waals surface area contributed by atoms with Crippen LogP contribution in [0.4, 0.5) is 22.9 Å². The highest BCUT2D eigenvalue weighted by molar-refractivity contribution is 6.10. The Morgan fingerprint density at radius 1 is 0.692 bits per heavy atom. The van der Waals surface area contributed by atoms with Gasteiger partial charge in [0.25, 0.3) is 23.6 Å². The van der Waals surface area contributed by atoms with E-state index in [1.807, 2.05) is 0 Å². The second kappa shape index (κ2) is 20.1. The number of aromatic carboxylic acids is 1.